The van der Waals surface area contributed by atoms with Gasteiger partial charge in [-0.05, 0) is 64.0 Å². The second kappa shape index (κ2) is 8.18. The lowest BCUT2D eigenvalue weighted by molar-refractivity contribution is 0.151. The zero-order valence-electron chi connectivity index (χ0n) is 14.3. The summed E-state index contributed by atoms with van der Waals surface area (Å²) in [7, 11) is 2.24. The van der Waals surface area contributed by atoms with Crippen LogP contribution in [0.1, 0.15) is 45.4 Å². The Bertz CT molecular complexity index is 381. The zero-order chi connectivity index (χ0) is 14.7. The number of nitrogens with zero attached hydrogens (tertiary/aromatic N) is 3. The van der Waals surface area contributed by atoms with E-state index in [0.717, 1.165) is 19.0 Å². The molecule has 3 fully saturated rings. The highest BCUT2D eigenvalue weighted by molar-refractivity contribution is 14.0. The van der Waals surface area contributed by atoms with Crippen molar-refractivity contribution in [1.82, 2.24) is 15.1 Å². The molecule has 1 aliphatic carbocycles. The van der Waals surface area contributed by atoms with Crippen molar-refractivity contribution in [2.24, 2.45) is 16.3 Å². The normalized spacial score (nSPS) is 28.4. The van der Waals surface area contributed by atoms with E-state index in [4.69, 9.17) is 4.99 Å². The van der Waals surface area contributed by atoms with E-state index < -0.39 is 0 Å². The molecular weight excluding hydrogens is 387 g/mol. The van der Waals surface area contributed by atoms with E-state index in [2.05, 4.69) is 29.1 Å². The van der Waals surface area contributed by atoms with Crippen molar-refractivity contribution >= 4 is 29.9 Å². The van der Waals surface area contributed by atoms with Crippen molar-refractivity contribution in [3.8, 4) is 0 Å². The Hall–Kier alpha value is -0.0400. The molecule has 2 aliphatic heterocycles. The Morgan fingerprint density at radius 2 is 2.05 bits per heavy atom. The molecule has 0 radical (unpaired) electrons. The molecule has 2 heterocycles. The van der Waals surface area contributed by atoms with Gasteiger partial charge in [0.2, 0.25) is 0 Å². The highest BCUT2D eigenvalue weighted by atomic mass is 127. The van der Waals surface area contributed by atoms with Gasteiger partial charge in [-0.15, -0.1) is 24.0 Å². The molecular formula is C17H33IN4. The fraction of sp³-hybridized carbons (Fsp3) is 0.941. The molecule has 3 rings (SSSR count). The predicted octanol–water partition coefficient (Wildman–Crippen LogP) is 2.79. The molecule has 2 saturated heterocycles. The molecule has 3 aliphatic rings. The van der Waals surface area contributed by atoms with Crippen LogP contribution in [0.5, 0.6) is 0 Å². The topological polar surface area (TPSA) is 30.9 Å². The monoisotopic (exact) mass is 420 g/mol. The molecule has 128 valence electrons. The largest absolute Gasteiger partial charge is 0.357 e. The van der Waals surface area contributed by atoms with Crippen LogP contribution >= 0.6 is 24.0 Å². The van der Waals surface area contributed by atoms with Gasteiger partial charge >= 0.3 is 0 Å². The summed E-state index contributed by atoms with van der Waals surface area (Å²) in [5, 5.41) is 3.52. The highest BCUT2D eigenvalue weighted by Gasteiger charge is 2.43. The molecule has 1 spiro atoms. The van der Waals surface area contributed by atoms with Crippen LogP contribution in [0.4, 0.5) is 0 Å². The van der Waals surface area contributed by atoms with Crippen LogP contribution in [0.3, 0.4) is 0 Å². The summed E-state index contributed by atoms with van der Waals surface area (Å²) in [5.74, 6) is 1.92. The summed E-state index contributed by atoms with van der Waals surface area (Å²) >= 11 is 0. The Balaban J connectivity index is 0.00000176. The molecule has 0 amide bonds. The van der Waals surface area contributed by atoms with Crippen molar-refractivity contribution in [3.63, 3.8) is 0 Å². The van der Waals surface area contributed by atoms with Crippen LogP contribution in [0.2, 0.25) is 0 Å². The standard InChI is InChI=1S/C17H32N4.HI/c1-3-18-16(19-12-15-6-4-10-20(2)13-15)21-11-9-17(14-21)7-5-8-17;/h15H,3-14H2,1-2H3,(H,18,19);1H. The van der Waals surface area contributed by atoms with Gasteiger partial charge in [-0.3, -0.25) is 4.99 Å². The average molecular weight is 420 g/mol. The molecule has 1 saturated carbocycles. The molecule has 1 N–H and O–H groups in total. The number of nitrogens with one attached hydrogen (secondary N) is 1. The maximum absolute atomic E-state index is 4.98. The Morgan fingerprint density at radius 1 is 1.23 bits per heavy atom. The quantitative estimate of drug-likeness (QED) is 0.433. The van der Waals surface area contributed by atoms with Gasteiger partial charge in [-0.2, -0.15) is 0 Å². The van der Waals surface area contributed by atoms with E-state index in [1.54, 1.807) is 0 Å². The van der Waals surface area contributed by atoms with Crippen LogP contribution in [0.15, 0.2) is 4.99 Å². The fourth-order valence-electron chi connectivity index (χ4n) is 4.26. The number of likely N-dealkylation sites (tertiary alicyclic amines) is 2. The molecule has 5 heteroatoms. The van der Waals surface area contributed by atoms with Gasteiger partial charge in [0.15, 0.2) is 5.96 Å². The minimum atomic E-state index is 0. The van der Waals surface area contributed by atoms with E-state index in [1.807, 2.05) is 0 Å². The summed E-state index contributed by atoms with van der Waals surface area (Å²) < 4.78 is 0. The summed E-state index contributed by atoms with van der Waals surface area (Å²) in [6.45, 7) is 9.07. The number of hydrogen-bond donors (Lipinski definition) is 1. The SMILES string of the molecule is CCNC(=NCC1CCCN(C)C1)N1CCC2(CCC2)C1.I. The first-order valence-corrected chi connectivity index (χ1v) is 8.93. The number of aliphatic imine (C=N–C) groups is 1. The van der Waals surface area contributed by atoms with Gasteiger partial charge in [-0.25, -0.2) is 0 Å². The van der Waals surface area contributed by atoms with Crippen LogP contribution in [-0.4, -0.2) is 62.1 Å². The van der Waals surface area contributed by atoms with Crippen molar-refractivity contribution in [3.05, 3.63) is 0 Å². The van der Waals surface area contributed by atoms with Crippen molar-refractivity contribution in [2.45, 2.75) is 45.4 Å². The second-order valence-electron chi connectivity index (χ2n) is 7.49. The van der Waals surface area contributed by atoms with Gasteiger partial charge in [0.1, 0.15) is 0 Å². The number of guanidine groups is 1. The minimum absolute atomic E-state index is 0. The van der Waals surface area contributed by atoms with E-state index in [9.17, 15) is 0 Å². The smallest absolute Gasteiger partial charge is 0.193 e. The second-order valence-corrected chi connectivity index (χ2v) is 7.49. The van der Waals surface area contributed by atoms with Crippen molar-refractivity contribution in [1.29, 1.82) is 0 Å². The first-order valence-electron chi connectivity index (χ1n) is 8.93. The van der Waals surface area contributed by atoms with E-state index >= 15 is 0 Å². The molecule has 4 nitrogen and oxygen atoms in total. The van der Waals surface area contributed by atoms with Gasteiger partial charge in [-0.1, -0.05) is 6.42 Å². The maximum atomic E-state index is 4.98. The maximum Gasteiger partial charge on any atom is 0.193 e. The number of rotatable bonds is 3. The predicted molar refractivity (Wildman–Crippen MR) is 104 cm³/mol. The third-order valence-electron chi connectivity index (χ3n) is 5.71. The molecule has 22 heavy (non-hydrogen) atoms. The van der Waals surface area contributed by atoms with E-state index in [-0.39, 0.29) is 24.0 Å². The van der Waals surface area contributed by atoms with Gasteiger partial charge in [0, 0.05) is 32.7 Å². The molecule has 0 bridgehead atoms. The minimum Gasteiger partial charge on any atom is -0.357 e. The lowest BCUT2D eigenvalue weighted by Crippen LogP contribution is -2.43. The molecule has 1 atom stereocenters. The summed E-state index contributed by atoms with van der Waals surface area (Å²) in [6.07, 6.45) is 8.38. The molecule has 0 aromatic carbocycles. The van der Waals surface area contributed by atoms with Crippen molar-refractivity contribution < 1.29 is 0 Å². The summed E-state index contributed by atoms with van der Waals surface area (Å²) in [4.78, 5) is 9.96. The number of hydrogen-bond acceptors (Lipinski definition) is 2. The van der Waals surface area contributed by atoms with Crippen LogP contribution in [-0.2, 0) is 0 Å². The van der Waals surface area contributed by atoms with Gasteiger partial charge in [0.25, 0.3) is 0 Å². The summed E-state index contributed by atoms with van der Waals surface area (Å²) in [5.41, 5.74) is 0.654. The van der Waals surface area contributed by atoms with Crippen LogP contribution in [0.25, 0.3) is 0 Å². The Kier molecular flexibility index (Phi) is 6.80. The third-order valence-corrected chi connectivity index (χ3v) is 5.71. The molecule has 0 aromatic rings. The van der Waals surface area contributed by atoms with Crippen LogP contribution < -0.4 is 5.32 Å². The number of piperidine rings is 1. The summed E-state index contributed by atoms with van der Waals surface area (Å²) in [6, 6.07) is 0. The number of halogens is 1. The van der Waals surface area contributed by atoms with Gasteiger partial charge < -0.3 is 15.1 Å². The fourth-order valence-corrected chi connectivity index (χ4v) is 4.26. The Labute approximate surface area is 153 Å². The van der Waals surface area contributed by atoms with E-state index in [0.29, 0.717) is 5.41 Å². The molecule has 1 unspecified atom stereocenters. The van der Waals surface area contributed by atoms with Crippen molar-refractivity contribution in [2.75, 3.05) is 46.3 Å². The third kappa shape index (κ3) is 4.28. The lowest BCUT2D eigenvalue weighted by Gasteiger charge is -2.38. The lowest BCUT2D eigenvalue weighted by atomic mass is 9.68. The first-order chi connectivity index (χ1) is 10.2. The first kappa shape index (κ1) is 18.3. The Morgan fingerprint density at radius 3 is 2.64 bits per heavy atom. The van der Waals surface area contributed by atoms with Gasteiger partial charge in [0.05, 0.1) is 0 Å². The van der Waals surface area contributed by atoms with E-state index in [1.165, 1.54) is 70.7 Å². The average Bonchev–Trinajstić information content (AvgIpc) is 2.89. The van der Waals surface area contributed by atoms with Crippen LogP contribution in [0, 0.1) is 11.3 Å². The molecule has 0 aromatic heterocycles. The zero-order valence-corrected chi connectivity index (χ0v) is 16.6. The highest BCUT2D eigenvalue weighted by Crippen LogP contribution is 2.47.